The number of nitro groups is 1. The molecule has 0 fully saturated rings. The normalized spacial score (nSPS) is 12.0. The zero-order valence-corrected chi connectivity index (χ0v) is 12.1. The number of esters is 1. The van der Waals surface area contributed by atoms with Crippen LogP contribution in [0.1, 0.15) is 5.56 Å². The Morgan fingerprint density at radius 3 is 2.79 bits per heavy atom. The summed E-state index contributed by atoms with van der Waals surface area (Å²) in [6.45, 7) is 0. The Morgan fingerprint density at radius 2 is 2.32 bits per heavy atom. The average Bonchev–Trinajstić information content (AvgIpc) is 2.37. The van der Waals surface area contributed by atoms with Crippen molar-refractivity contribution in [2.45, 2.75) is 12.5 Å². The third kappa shape index (κ3) is 3.34. The van der Waals surface area contributed by atoms with Crippen LogP contribution in [-0.4, -0.2) is 29.2 Å². The van der Waals surface area contributed by atoms with E-state index in [0.29, 0.717) is 0 Å². The van der Waals surface area contributed by atoms with E-state index in [1.165, 1.54) is 7.11 Å². The molecule has 9 heteroatoms. The first-order valence-corrected chi connectivity index (χ1v) is 6.14. The Kier molecular flexibility index (Phi) is 5.10. The number of halogens is 2. The number of phenolic OH excluding ortho intramolecular Hbond substituents is 1. The SMILES string of the molecule is COC(=O)C(N)Cc1cc([N+](=O)[O-])c(Br)c(Cl)c1O. The summed E-state index contributed by atoms with van der Waals surface area (Å²) in [5.74, 6) is -1.06. The Morgan fingerprint density at radius 1 is 1.74 bits per heavy atom. The molecule has 0 aromatic heterocycles. The molecule has 1 aromatic rings. The van der Waals surface area contributed by atoms with Gasteiger partial charge in [0.25, 0.3) is 5.69 Å². The topological polar surface area (TPSA) is 116 Å². The van der Waals surface area contributed by atoms with Gasteiger partial charge in [-0.25, -0.2) is 0 Å². The van der Waals surface area contributed by atoms with Crippen LogP contribution in [0.15, 0.2) is 10.5 Å². The highest BCUT2D eigenvalue weighted by molar-refractivity contribution is 9.10. The first kappa shape index (κ1) is 15.7. The molecule has 0 saturated carbocycles. The number of carbonyl (C=O) groups excluding carboxylic acids is 1. The first-order chi connectivity index (χ1) is 8.79. The predicted molar refractivity (Wildman–Crippen MR) is 71.2 cm³/mol. The summed E-state index contributed by atoms with van der Waals surface area (Å²) in [6.07, 6.45) is -0.133. The molecular weight excluding hydrogens is 343 g/mol. The van der Waals surface area contributed by atoms with E-state index >= 15 is 0 Å². The van der Waals surface area contributed by atoms with Crippen LogP contribution in [0.4, 0.5) is 5.69 Å². The predicted octanol–water partition coefficient (Wildman–Crippen LogP) is 1.76. The molecule has 19 heavy (non-hydrogen) atoms. The van der Waals surface area contributed by atoms with Gasteiger partial charge in [-0.2, -0.15) is 0 Å². The van der Waals surface area contributed by atoms with Gasteiger partial charge in [0.15, 0.2) is 0 Å². The van der Waals surface area contributed by atoms with E-state index in [9.17, 15) is 20.0 Å². The highest BCUT2D eigenvalue weighted by Crippen LogP contribution is 2.41. The lowest BCUT2D eigenvalue weighted by Gasteiger charge is -2.12. The number of nitrogens with zero attached hydrogens (tertiary/aromatic N) is 1. The van der Waals surface area contributed by atoms with Crippen LogP contribution < -0.4 is 5.73 Å². The molecule has 1 unspecified atom stereocenters. The van der Waals surface area contributed by atoms with Gasteiger partial charge in [-0.15, -0.1) is 0 Å². The summed E-state index contributed by atoms with van der Waals surface area (Å²) in [4.78, 5) is 21.4. The first-order valence-electron chi connectivity index (χ1n) is 4.97. The average molecular weight is 354 g/mol. The van der Waals surface area contributed by atoms with Crippen LogP contribution in [-0.2, 0) is 16.0 Å². The Bertz CT molecular complexity index is 537. The van der Waals surface area contributed by atoms with Crippen molar-refractivity contribution in [3.8, 4) is 5.75 Å². The van der Waals surface area contributed by atoms with Crippen molar-refractivity contribution >= 4 is 39.2 Å². The number of methoxy groups -OCH3 is 1. The lowest BCUT2D eigenvalue weighted by atomic mass is 10.0. The lowest BCUT2D eigenvalue weighted by Crippen LogP contribution is -2.33. The maximum absolute atomic E-state index is 11.2. The summed E-state index contributed by atoms with van der Waals surface area (Å²) in [7, 11) is 1.17. The van der Waals surface area contributed by atoms with Crippen molar-refractivity contribution < 1.29 is 19.6 Å². The van der Waals surface area contributed by atoms with Gasteiger partial charge in [-0.3, -0.25) is 14.9 Å². The van der Waals surface area contributed by atoms with Crippen LogP contribution in [0.25, 0.3) is 0 Å². The summed E-state index contributed by atoms with van der Waals surface area (Å²) >= 11 is 8.69. The molecule has 1 atom stereocenters. The number of aromatic hydroxyl groups is 1. The van der Waals surface area contributed by atoms with Gasteiger partial charge >= 0.3 is 5.97 Å². The fourth-order valence-corrected chi connectivity index (χ4v) is 2.08. The minimum atomic E-state index is -1.05. The second kappa shape index (κ2) is 6.18. The highest BCUT2D eigenvalue weighted by Gasteiger charge is 2.24. The Balaban J connectivity index is 3.22. The number of ether oxygens (including phenoxy) is 1. The maximum atomic E-state index is 11.2. The van der Waals surface area contributed by atoms with Crippen LogP contribution in [0.5, 0.6) is 5.75 Å². The minimum Gasteiger partial charge on any atom is -0.506 e. The summed E-state index contributed by atoms with van der Waals surface area (Å²) in [6, 6.07) is 0.0569. The molecule has 0 bridgehead atoms. The van der Waals surface area contributed by atoms with E-state index in [2.05, 4.69) is 20.7 Å². The van der Waals surface area contributed by atoms with E-state index in [1.54, 1.807) is 0 Å². The molecule has 0 spiro atoms. The van der Waals surface area contributed by atoms with Crippen molar-refractivity contribution in [3.63, 3.8) is 0 Å². The van der Waals surface area contributed by atoms with Gasteiger partial charge in [0.05, 0.1) is 12.0 Å². The van der Waals surface area contributed by atoms with Gasteiger partial charge < -0.3 is 15.6 Å². The molecule has 1 aromatic carbocycles. The van der Waals surface area contributed by atoms with Gasteiger partial charge in [-0.05, 0) is 15.9 Å². The molecule has 7 nitrogen and oxygen atoms in total. The van der Waals surface area contributed by atoms with E-state index in [1.807, 2.05) is 0 Å². The van der Waals surface area contributed by atoms with E-state index < -0.39 is 16.9 Å². The van der Waals surface area contributed by atoms with Crippen LogP contribution >= 0.6 is 27.5 Å². The number of benzene rings is 1. The Hall–Kier alpha value is -1.38. The number of carbonyl (C=O) groups is 1. The largest absolute Gasteiger partial charge is 0.506 e. The highest BCUT2D eigenvalue weighted by atomic mass is 79.9. The van der Waals surface area contributed by atoms with Gasteiger partial charge in [-0.1, -0.05) is 11.6 Å². The zero-order chi connectivity index (χ0) is 14.7. The molecule has 0 aliphatic rings. The zero-order valence-electron chi connectivity index (χ0n) is 9.72. The van der Waals surface area contributed by atoms with Crippen molar-refractivity contribution in [1.82, 2.24) is 0 Å². The third-order valence-electron chi connectivity index (χ3n) is 2.38. The molecule has 0 saturated heterocycles. The maximum Gasteiger partial charge on any atom is 0.322 e. The molecule has 0 aliphatic carbocycles. The summed E-state index contributed by atoms with van der Waals surface area (Å²) < 4.78 is 4.40. The number of hydrogen-bond donors (Lipinski definition) is 2. The van der Waals surface area contributed by atoms with E-state index in [0.717, 1.165) is 6.07 Å². The van der Waals surface area contributed by atoms with Gasteiger partial charge in [0, 0.05) is 18.1 Å². The lowest BCUT2D eigenvalue weighted by molar-refractivity contribution is -0.385. The van der Waals surface area contributed by atoms with Crippen molar-refractivity contribution in [3.05, 3.63) is 31.2 Å². The second-order valence-electron chi connectivity index (χ2n) is 3.62. The fraction of sp³-hybridized carbons (Fsp3) is 0.300. The molecule has 3 N–H and O–H groups in total. The molecule has 0 aliphatic heterocycles. The number of phenols is 1. The van der Waals surface area contributed by atoms with E-state index in [4.69, 9.17) is 17.3 Å². The third-order valence-corrected chi connectivity index (χ3v) is 3.78. The van der Waals surface area contributed by atoms with Crippen molar-refractivity contribution in [2.24, 2.45) is 5.73 Å². The number of hydrogen-bond acceptors (Lipinski definition) is 6. The molecule has 0 amide bonds. The molecular formula is C10H10BrClN2O5. The summed E-state index contributed by atoms with van der Waals surface area (Å²) in [5.41, 5.74) is 5.30. The van der Waals surface area contributed by atoms with E-state index in [-0.39, 0.29) is 32.9 Å². The smallest absolute Gasteiger partial charge is 0.322 e. The number of nitro benzene ring substituents is 1. The minimum absolute atomic E-state index is 0.0351. The number of nitrogens with two attached hydrogens (primary N) is 1. The second-order valence-corrected chi connectivity index (χ2v) is 4.79. The monoisotopic (exact) mass is 352 g/mol. The number of rotatable bonds is 4. The Labute approximate surface area is 121 Å². The van der Waals surface area contributed by atoms with Crippen molar-refractivity contribution in [1.29, 1.82) is 0 Å². The van der Waals surface area contributed by atoms with Crippen LogP contribution in [0.2, 0.25) is 5.02 Å². The molecule has 104 valence electrons. The quantitative estimate of drug-likeness (QED) is 0.484. The van der Waals surface area contributed by atoms with Crippen molar-refractivity contribution in [2.75, 3.05) is 7.11 Å². The molecule has 1 rings (SSSR count). The molecule has 0 radical (unpaired) electrons. The summed E-state index contributed by atoms with van der Waals surface area (Å²) in [5, 5.41) is 20.4. The fourth-order valence-electron chi connectivity index (χ4n) is 1.41. The standard InChI is InChI=1S/C10H10BrClN2O5/c1-19-10(16)5(13)2-4-3-6(14(17)18)7(11)8(12)9(4)15/h3,5,15H,2,13H2,1H3. The van der Waals surface area contributed by atoms with Gasteiger partial charge in [0.2, 0.25) is 0 Å². The van der Waals surface area contributed by atoms with Gasteiger partial charge in [0.1, 0.15) is 21.3 Å². The van der Waals surface area contributed by atoms with Crippen LogP contribution in [0, 0.1) is 10.1 Å². The van der Waals surface area contributed by atoms with Crippen LogP contribution in [0.3, 0.4) is 0 Å². The molecule has 0 heterocycles.